The number of nitrogens with two attached hydrogens (primary N) is 1. The molecule has 2 amide bonds. The maximum absolute atomic E-state index is 12.7. The highest BCUT2D eigenvalue weighted by Crippen LogP contribution is 2.31. The zero-order valence-corrected chi connectivity index (χ0v) is 15.6. The Bertz CT molecular complexity index is 712. The van der Waals surface area contributed by atoms with Gasteiger partial charge in [0.25, 0.3) is 10.1 Å². The number of hydrogen-bond donors (Lipinski definition) is 3. The first-order chi connectivity index (χ1) is 12.4. The molecule has 0 atom stereocenters. The minimum atomic E-state index is -4.32. The summed E-state index contributed by atoms with van der Waals surface area (Å²) in [7, 11) is -3.67. The van der Waals surface area contributed by atoms with Crippen LogP contribution in [0, 0.1) is 0 Å². The minimum absolute atomic E-state index is 0.471. The van der Waals surface area contributed by atoms with E-state index in [1.807, 2.05) is 4.90 Å². The van der Waals surface area contributed by atoms with Gasteiger partial charge < -0.3 is 16.0 Å². The van der Waals surface area contributed by atoms with Gasteiger partial charge in [0.2, 0.25) is 0 Å². The summed E-state index contributed by atoms with van der Waals surface area (Å²) >= 11 is 0. The number of carbonyl (C=O) groups is 1. The Morgan fingerprint density at radius 3 is 2.30 bits per heavy atom. The highest BCUT2D eigenvalue weighted by molar-refractivity contribution is 7.85. The van der Waals surface area contributed by atoms with Crippen molar-refractivity contribution in [1.82, 2.24) is 10.2 Å². The molecule has 1 heterocycles. The molecule has 1 fully saturated rings. The van der Waals surface area contributed by atoms with E-state index in [2.05, 4.69) is 10.2 Å². The molecule has 1 aromatic carbocycles. The van der Waals surface area contributed by atoms with E-state index in [1.54, 1.807) is 6.07 Å². The van der Waals surface area contributed by atoms with Gasteiger partial charge in [0.05, 0.1) is 11.8 Å². The lowest BCUT2D eigenvalue weighted by atomic mass is 10.1. The van der Waals surface area contributed by atoms with Gasteiger partial charge in [-0.1, -0.05) is 6.07 Å². The zero-order valence-electron chi connectivity index (χ0n) is 14.7. The van der Waals surface area contributed by atoms with E-state index in [1.165, 1.54) is 12.1 Å². The standard InChI is InChI=1S/C14H19F3N4O.CH4O3S/c15-14(16,17)11-2-1-3-12(10-11)21-8-6-20(7-9-21)5-4-19-13(18)22;1-5(2,3)4/h1-3,10H,4-9H2,(H3,18,19,22);1H3,(H,2,3,4). The summed E-state index contributed by atoms with van der Waals surface area (Å²) in [4.78, 5) is 14.7. The molecule has 2 rings (SSSR count). The first-order valence-corrected chi connectivity index (χ1v) is 9.81. The molecule has 0 saturated carbocycles. The van der Waals surface area contributed by atoms with E-state index in [-0.39, 0.29) is 0 Å². The molecular formula is C15H23F3N4O4S. The molecule has 0 spiro atoms. The van der Waals surface area contributed by atoms with Crippen molar-refractivity contribution in [3.63, 3.8) is 0 Å². The monoisotopic (exact) mass is 412 g/mol. The Morgan fingerprint density at radius 1 is 1.26 bits per heavy atom. The van der Waals surface area contributed by atoms with Crippen molar-refractivity contribution in [1.29, 1.82) is 0 Å². The fourth-order valence-electron chi connectivity index (χ4n) is 2.45. The number of rotatable bonds is 4. The van der Waals surface area contributed by atoms with Gasteiger partial charge in [-0.3, -0.25) is 9.45 Å². The molecule has 0 aliphatic carbocycles. The van der Waals surface area contributed by atoms with Crippen molar-refractivity contribution in [3.8, 4) is 0 Å². The number of primary amides is 1. The number of carbonyl (C=O) groups excluding carboxylic acids is 1. The summed E-state index contributed by atoms with van der Waals surface area (Å²) in [5, 5.41) is 2.52. The first kappa shape index (κ1) is 23.0. The number of urea groups is 1. The van der Waals surface area contributed by atoms with Gasteiger partial charge in [-0.2, -0.15) is 21.6 Å². The van der Waals surface area contributed by atoms with Gasteiger partial charge in [-0.15, -0.1) is 0 Å². The van der Waals surface area contributed by atoms with Gasteiger partial charge in [0.15, 0.2) is 0 Å². The van der Waals surface area contributed by atoms with E-state index < -0.39 is 27.9 Å². The molecule has 1 aliphatic rings. The van der Waals surface area contributed by atoms with E-state index in [0.717, 1.165) is 19.2 Å². The summed E-state index contributed by atoms with van der Waals surface area (Å²) in [6.07, 6.45) is -3.61. The minimum Gasteiger partial charge on any atom is -0.369 e. The van der Waals surface area contributed by atoms with Crippen molar-refractivity contribution in [3.05, 3.63) is 29.8 Å². The van der Waals surface area contributed by atoms with Crippen LogP contribution in [0.4, 0.5) is 23.7 Å². The Kier molecular flexibility index (Phi) is 8.31. The van der Waals surface area contributed by atoms with Crippen molar-refractivity contribution in [2.24, 2.45) is 5.73 Å². The van der Waals surface area contributed by atoms with Gasteiger partial charge in [-0.25, -0.2) is 4.79 Å². The number of anilines is 1. The molecule has 0 aromatic heterocycles. The largest absolute Gasteiger partial charge is 0.416 e. The Balaban J connectivity index is 0.000000646. The smallest absolute Gasteiger partial charge is 0.369 e. The predicted molar refractivity (Wildman–Crippen MR) is 95.2 cm³/mol. The number of amides is 2. The lowest BCUT2D eigenvalue weighted by Crippen LogP contribution is -2.48. The quantitative estimate of drug-likeness (QED) is 0.636. The topological polar surface area (TPSA) is 116 Å². The molecule has 4 N–H and O–H groups in total. The third kappa shape index (κ3) is 10.0. The number of benzene rings is 1. The van der Waals surface area contributed by atoms with Crippen LogP contribution in [-0.2, 0) is 16.3 Å². The van der Waals surface area contributed by atoms with Crippen molar-refractivity contribution >= 4 is 21.8 Å². The number of halogens is 3. The second kappa shape index (κ2) is 9.76. The van der Waals surface area contributed by atoms with Crippen LogP contribution in [0.25, 0.3) is 0 Å². The maximum atomic E-state index is 12.7. The average molecular weight is 412 g/mol. The molecule has 1 aromatic rings. The van der Waals surface area contributed by atoms with Gasteiger partial charge >= 0.3 is 12.2 Å². The fraction of sp³-hybridized carbons (Fsp3) is 0.533. The Labute approximate surface area is 155 Å². The molecule has 0 unspecified atom stereocenters. The van der Waals surface area contributed by atoms with E-state index >= 15 is 0 Å². The summed E-state index contributed by atoms with van der Waals surface area (Å²) < 4.78 is 64.1. The van der Waals surface area contributed by atoms with Crippen LogP contribution >= 0.6 is 0 Å². The third-order valence-corrected chi connectivity index (χ3v) is 3.64. The van der Waals surface area contributed by atoms with Crippen molar-refractivity contribution in [2.75, 3.05) is 50.4 Å². The first-order valence-electron chi connectivity index (χ1n) is 7.96. The van der Waals surface area contributed by atoms with Crippen LogP contribution in [0.3, 0.4) is 0 Å². The normalized spacial score (nSPS) is 15.7. The van der Waals surface area contributed by atoms with Crippen molar-refractivity contribution < 1.29 is 30.9 Å². The second-order valence-electron chi connectivity index (χ2n) is 5.90. The molecule has 0 radical (unpaired) electrons. The van der Waals surface area contributed by atoms with Crippen LogP contribution in [0.5, 0.6) is 0 Å². The molecule has 8 nitrogen and oxygen atoms in total. The number of alkyl halides is 3. The SMILES string of the molecule is CS(=O)(=O)O.NC(=O)NCCN1CCN(c2cccc(C(F)(F)F)c2)CC1. The molecular weight excluding hydrogens is 389 g/mol. The highest BCUT2D eigenvalue weighted by atomic mass is 32.2. The van der Waals surface area contributed by atoms with Gasteiger partial charge in [-0.05, 0) is 18.2 Å². The molecule has 1 aliphatic heterocycles. The molecule has 154 valence electrons. The third-order valence-electron chi connectivity index (χ3n) is 3.64. The predicted octanol–water partition coefficient (Wildman–Crippen LogP) is 1.000. The lowest BCUT2D eigenvalue weighted by Gasteiger charge is -2.36. The summed E-state index contributed by atoms with van der Waals surface area (Å²) in [5.41, 5.74) is 4.95. The van der Waals surface area contributed by atoms with E-state index in [0.29, 0.717) is 38.1 Å². The fourth-order valence-corrected chi connectivity index (χ4v) is 2.45. The van der Waals surface area contributed by atoms with Crippen LogP contribution in [0.2, 0.25) is 0 Å². The van der Waals surface area contributed by atoms with E-state index in [4.69, 9.17) is 10.3 Å². The molecule has 27 heavy (non-hydrogen) atoms. The number of nitrogens with zero attached hydrogens (tertiary/aromatic N) is 2. The van der Waals surface area contributed by atoms with Crippen LogP contribution in [-0.4, -0.2) is 69.4 Å². The number of piperazine rings is 1. The lowest BCUT2D eigenvalue weighted by molar-refractivity contribution is -0.137. The average Bonchev–Trinajstić information content (AvgIpc) is 2.53. The second-order valence-corrected chi connectivity index (χ2v) is 7.37. The maximum Gasteiger partial charge on any atom is 0.416 e. The van der Waals surface area contributed by atoms with Crippen LogP contribution < -0.4 is 16.0 Å². The van der Waals surface area contributed by atoms with Gasteiger partial charge in [0.1, 0.15) is 0 Å². The molecule has 1 saturated heterocycles. The summed E-state index contributed by atoms with van der Waals surface area (Å²) in [6, 6.07) is 4.84. The summed E-state index contributed by atoms with van der Waals surface area (Å²) in [5.74, 6) is 0. The van der Waals surface area contributed by atoms with Crippen LogP contribution in [0.1, 0.15) is 5.56 Å². The highest BCUT2D eigenvalue weighted by Gasteiger charge is 2.31. The Morgan fingerprint density at radius 2 is 1.81 bits per heavy atom. The summed E-state index contributed by atoms with van der Waals surface area (Å²) in [6.45, 7) is 3.92. The zero-order chi connectivity index (χ0) is 20.7. The van der Waals surface area contributed by atoms with Crippen molar-refractivity contribution in [2.45, 2.75) is 6.18 Å². The molecule has 0 bridgehead atoms. The molecule has 12 heteroatoms. The van der Waals surface area contributed by atoms with Gasteiger partial charge in [0, 0.05) is 45.0 Å². The van der Waals surface area contributed by atoms with Crippen LogP contribution in [0.15, 0.2) is 24.3 Å². The number of nitrogens with one attached hydrogen (secondary N) is 1. The van der Waals surface area contributed by atoms with E-state index in [9.17, 15) is 26.4 Å². The number of hydrogen-bond acceptors (Lipinski definition) is 5. The Hall–Kier alpha value is -2.05.